The van der Waals surface area contributed by atoms with Gasteiger partial charge in [-0.1, -0.05) is 35.9 Å². The molecule has 1 aliphatic rings. The van der Waals surface area contributed by atoms with Crippen LogP contribution in [0.5, 0.6) is 11.5 Å². The van der Waals surface area contributed by atoms with Crippen LogP contribution >= 0.6 is 11.6 Å². The van der Waals surface area contributed by atoms with Gasteiger partial charge >= 0.3 is 0 Å². The van der Waals surface area contributed by atoms with Crippen LogP contribution in [0.2, 0.25) is 5.02 Å². The number of carbonyl (C=O) groups excluding carboxylic acids is 2. The first-order valence-electron chi connectivity index (χ1n) is 11.3. The van der Waals surface area contributed by atoms with Crippen LogP contribution < -0.4 is 14.4 Å². The summed E-state index contributed by atoms with van der Waals surface area (Å²) < 4.78 is 10.5. The number of amides is 1. The number of methoxy groups -OCH3 is 2. The molecule has 0 aromatic heterocycles. The molecule has 1 amide bonds. The van der Waals surface area contributed by atoms with Crippen LogP contribution in [-0.2, 0) is 16.1 Å². The molecule has 0 saturated carbocycles. The molecule has 0 bridgehead atoms. The third kappa shape index (κ3) is 4.75. The number of carbonyl (C=O) groups is 2. The number of nitrogens with zero attached hydrogens (tertiary/aromatic N) is 2. The van der Waals surface area contributed by atoms with Crippen molar-refractivity contribution in [1.82, 2.24) is 4.90 Å². The van der Waals surface area contributed by atoms with Crippen molar-refractivity contribution in [3.05, 3.63) is 94.0 Å². The fraction of sp³-hybridized carbons (Fsp3) is 0.214. The van der Waals surface area contributed by atoms with Gasteiger partial charge in [-0.25, -0.2) is 0 Å². The van der Waals surface area contributed by atoms with Gasteiger partial charge in [-0.05, 0) is 53.6 Å². The molecule has 1 unspecified atom stereocenters. The third-order valence-corrected chi connectivity index (χ3v) is 6.51. The first-order chi connectivity index (χ1) is 17.2. The van der Waals surface area contributed by atoms with E-state index in [0.717, 1.165) is 11.3 Å². The molecule has 1 heterocycles. The van der Waals surface area contributed by atoms with Crippen LogP contribution in [0, 0.1) is 0 Å². The second kappa shape index (κ2) is 10.3. The summed E-state index contributed by atoms with van der Waals surface area (Å²) in [4.78, 5) is 30.0. The Morgan fingerprint density at radius 2 is 1.64 bits per heavy atom. The number of benzene rings is 3. The second-order valence-corrected chi connectivity index (χ2v) is 9.02. The minimum absolute atomic E-state index is 0.00971. The van der Waals surface area contributed by atoms with Gasteiger partial charge in [0.15, 0.2) is 0 Å². The summed E-state index contributed by atoms with van der Waals surface area (Å²) in [7, 11) is 6.90. The summed E-state index contributed by atoms with van der Waals surface area (Å²) in [6.45, 7) is 0.176. The number of halogens is 1. The Bertz CT molecular complexity index is 1320. The fourth-order valence-electron chi connectivity index (χ4n) is 4.23. The van der Waals surface area contributed by atoms with Crippen molar-refractivity contribution in [1.29, 1.82) is 0 Å². The number of anilines is 1. The number of ether oxygens (including phenoxy) is 2. The number of likely N-dealkylation sites (tertiary alicyclic amines) is 1. The van der Waals surface area contributed by atoms with E-state index in [-0.39, 0.29) is 17.9 Å². The van der Waals surface area contributed by atoms with Gasteiger partial charge in [0.2, 0.25) is 0 Å². The third-order valence-electron chi connectivity index (χ3n) is 6.20. The van der Waals surface area contributed by atoms with E-state index in [0.29, 0.717) is 27.6 Å². The first-order valence-corrected chi connectivity index (χ1v) is 11.7. The highest BCUT2D eigenvalue weighted by atomic mass is 35.5. The molecule has 1 atom stereocenters. The summed E-state index contributed by atoms with van der Waals surface area (Å²) in [6.07, 6.45) is 0. The van der Waals surface area contributed by atoms with Crippen LogP contribution in [0.15, 0.2) is 72.3 Å². The van der Waals surface area contributed by atoms with Crippen LogP contribution in [0.25, 0.3) is 5.76 Å². The minimum atomic E-state index is -0.787. The van der Waals surface area contributed by atoms with Crippen molar-refractivity contribution in [2.75, 3.05) is 33.2 Å². The van der Waals surface area contributed by atoms with E-state index in [1.54, 1.807) is 37.4 Å². The Morgan fingerprint density at radius 1 is 0.972 bits per heavy atom. The Morgan fingerprint density at radius 3 is 2.22 bits per heavy atom. The molecule has 1 saturated heterocycles. The van der Waals surface area contributed by atoms with Gasteiger partial charge in [0.1, 0.15) is 17.3 Å². The maximum Gasteiger partial charge on any atom is 0.295 e. The molecule has 0 aliphatic carbocycles. The molecule has 186 valence electrons. The molecule has 1 fully saturated rings. The Kier molecular flexibility index (Phi) is 7.22. The monoisotopic (exact) mass is 506 g/mol. The van der Waals surface area contributed by atoms with E-state index in [4.69, 9.17) is 21.1 Å². The first kappa shape index (κ1) is 25.1. The number of Topliss-reactive ketones (excluding diaryl/α,β-unsaturated/α-hetero) is 1. The molecule has 0 radical (unpaired) electrons. The Hall–Kier alpha value is -3.97. The zero-order valence-corrected chi connectivity index (χ0v) is 21.2. The van der Waals surface area contributed by atoms with Crippen LogP contribution in [-0.4, -0.2) is 50.0 Å². The van der Waals surface area contributed by atoms with Crippen LogP contribution in [0.3, 0.4) is 0 Å². The van der Waals surface area contributed by atoms with E-state index >= 15 is 0 Å². The van der Waals surface area contributed by atoms with E-state index < -0.39 is 17.7 Å². The predicted octanol–water partition coefficient (Wildman–Crippen LogP) is 5.05. The molecule has 4 rings (SSSR count). The summed E-state index contributed by atoms with van der Waals surface area (Å²) in [5.41, 5.74) is 2.83. The van der Waals surface area contributed by atoms with Crippen molar-refractivity contribution in [3.8, 4) is 11.5 Å². The molecule has 0 spiro atoms. The van der Waals surface area contributed by atoms with Crippen LogP contribution in [0.1, 0.15) is 22.7 Å². The lowest BCUT2D eigenvalue weighted by molar-refractivity contribution is -0.140. The molecule has 1 N–H and O–H groups in total. The summed E-state index contributed by atoms with van der Waals surface area (Å²) in [5.74, 6) is -0.692. The average Bonchev–Trinajstić information content (AvgIpc) is 3.14. The lowest BCUT2D eigenvalue weighted by atomic mass is 9.95. The largest absolute Gasteiger partial charge is 0.507 e. The van der Waals surface area contributed by atoms with Crippen molar-refractivity contribution in [2.24, 2.45) is 0 Å². The zero-order chi connectivity index (χ0) is 26.0. The number of rotatable bonds is 7. The molecular weight excluding hydrogens is 480 g/mol. The van der Waals surface area contributed by atoms with Gasteiger partial charge in [0, 0.05) is 31.9 Å². The zero-order valence-electron chi connectivity index (χ0n) is 20.5. The van der Waals surface area contributed by atoms with Gasteiger partial charge in [-0.3, -0.25) is 9.59 Å². The summed E-state index contributed by atoms with van der Waals surface area (Å²) in [6, 6.07) is 18.7. The highest BCUT2D eigenvalue weighted by molar-refractivity contribution is 6.46. The molecule has 8 heteroatoms. The van der Waals surface area contributed by atoms with Gasteiger partial charge in [-0.15, -0.1) is 0 Å². The average molecular weight is 507 g/mol. The topological polar surface area (TPSA) is 79.3 Å². The second-order valence-electron chi connectivity index (χ2n) is 8.61. The minimum Gasteiger partial charge on any atom is -0.507 e. The predicted molar refractivity (Wildman–Crippen MR) is 140 cm³/mol. The molecule has 7 nitrogen and oxygen atoms in total. The quantitative estimate of drug-likeness (QED) is 0.274. The Labute approximate surface area is 215 Å². The molecule has 36 heavy (non-hydrogen) atoms. The lowest BCUT2D eigenvalue weighted by Crippen LogP contribution is -2.29. The molecule has 3 aromatic carbocycles. The number of aliphatic hydroxyl groups is 1. The van der Waals surface area contributed by atoms with Crippen molar-refractivity contribution < 1.29 is 24.2 Å². The van der Waals surface area contributed by atoms with Crippen molar-refractivity contribution in [2.45, 2.75) is 12.6 Å². The van der Waals surface area contributed by atoms with Crippen LogP contribution in [0.4, 0.5) is 5.69 Å². The van der Waals surface area contributed by atoms with Gasteiger partial charge < -0.3 is 24.4 Å². The standard InChI is InChI=1S/C28H27ClN2O5/c1-30(2)20-10-7-18(8-11-20)25-24(26(32)19-9-14-22(29)23(15-19)36-4)27(33)28(34)31(25)16-17-5-12-21(35-3)13-6-17/h5-15,25,32H,16H2,1-4H3/b26-24-. The van der Waals surface area contributed by atoms with E-state index in [1.807, 2.05) is 55.4 Å². The molecule has 3 aromatic rings. The maximum absolute atomic E-state index is 13.3. The van der Waals surface area contributed by atoms with E-state index in [1.165, 1.54) is 12.0 Å². The maximum atomic E-state index is 13.3. The highest BCUT2D eigenvalue weighted by Gasteiger charge is 2.46. The Balaban J connectivity index is 1.84. The highest BCUT2D eigenvalue weighted by Crippen LogP contribution is 2.41. The van der Waals surface area contributed by atoms with Gasteiger partial charge in [0.25, 0.3) is 11.7 Å². The smallest absolute Gasteiger partial charge is 0.295 e. The number of hydrogen-bond donors (Lipinski definition) is 1. The van der Waals surface area contributed by atoms with Gasteiger partial charge in [0.05, 0.1) is 30.9 Å². The van der Waals surface area contributed by atoms with Crippen molar-refractivity contribution >= 4 is 34.7 Å². The number of ketones is 1. The number of hydrogen-bond acceptors (Lipinski definition) is 6. The van der Waals surface area contributed by atoms with E-state index in [2.05, 4.69) is 0 Å². The molecule has 1 aliphatic heterocycles. The normalized spacial score (nSPS) is 16.8. The van der Waals surface area contributed by atoms with Crippen molar-refractivity contribution in [3.63, 3.8) is 0 Å². The lowest BCUT2D eigenvalue weighted by Gasteiger charge is -2.26. The molecular formula is C28H27ClN2O5. The van der Waals surface area contributed by atoms with E-state index in [9.17, 15) is 14.7 Å². The van der Waals surface area contributed by atoms with Gasteiger partial charge in [-0.2, -0.15) is 0 Å². The summed E-state index contributed by atoms with van der Waals surface area (Å²) >= 11 is 6.15. The SMILES string of the molecule is COc1ccc(CN2C(=O)C(=O)/C(=C(\O)c3ccc(Cl)c(OC)c3)C2c2ccc(N(C)C)cc2)cc1. The number of aliphatic hydroxyl groups excluding tert-OH is 1. The fourth-order valence-corrected chi connectivity index (χ4v) is 4.43. The summed E-state index contributed by atoms with van der Waals surface area (Å²) in [5, 5.41) is 11.7.